The monoisotopic (exact) mass is 342 g/mol. The number of aliphatic hydroxyl groups excluding tert-OH is 4. The van der Waals surface area contributed by atoms with Gasteiger partial charge in [0.25, 0.3) is 5.69 Å². The van der Waals surface area contributed by atoms with E-state index in [1.165, 1.54) is 24.3 Å². The van der Waals surface area contributed by atoms with Crippen molar-refractivity contribution in [2.45, 2.75) is 30.5 Å². The van der Waals surface area contributed by atoms with Crippen LogP contribution in [0.4, 0.5) is 11.4 Å². The van der Waals surface area contributed by atoms with E-state index in [1.807, 2.05) is 0 Å². The molecule has 24 heavy (non-hydrogen) atoms. The number of anilines is 1. The van der Waals surface area contributed by atoms with Crippen molar-refractivity contribution in [2.24, 2.45) is 10.3 Å². The number of benzene rings is 1. The van der Waals surface area contributed by atoms with E-state index >= 15 is 0 Å². The third kappa shape index (κ3) is 4.21. The fourth-order valence-electron chi connectivity index (χ4n) is 2.20. The SMILES string of the molecule is O=[N+]([O-])c1ccc(NN=NC[C@@H]2O[C@H](CO)[C@@H](O)[C@H](O)[C@H]2O)cc1. The summed E-state index contributed by atoms with van der Waals surface area (Å²) in [7, 11) is 0. The zero-order valence-electron chi connectivity index (χ0n) is 12.5. The van der Waals surface area contributed by atoms with Crippen molar-refractivity contribution in [3.63, 3.8) is 0 Å². The maximum atomic E-state index is 10.5. The van der Waals surface area contributed by atoms with Gasteiger partial charge in [-0.1, -0.05) is 5.22 Å². The molecule has 0 aliphatic carbocycles. The molecule has 0 aromatic heterocycles. The third-order valence-electron chi connectivity index (χ3n) is 3.58. The Morgan fingerprint density at radius 3 is 2.33 bits per heavy atom. The Morgan fingerprint density at radius 1 is 1.12 bits per heavy atom. The maximum absolute atomic E-state index is 10.5. The highest BCUT2D eigenvalue weighted by atomic mass is 16.6. The molecule has 0 spiro atoms. The molecule has 1 aromatic rings. The Bertz CT molecular complexity index is 580. The Balaban J connectivity index is 1.87. The molecule has 5 atom stereocenters. The molecule has 0 unspecified atom stereocenters. The fourth-order valence-corrected chi connectivity index (χ4v) is 2.20. The van der Waals surface area contributed by atoms with Crippen LogP contribution in [-0.2, 0) is 4.74 Å². The van der Waals surface area contributed by atoms with Crippen molar-refractivity contribution in [3.05, 3.63) is 34.4 Å². The molecule has 11 nitrogen and oxygen atoms in total. The molecular weight excluding hydrogens is 324 g/mol. The molecule has 132 valence electrons. The molecule has 1 aliphatic rings. The van der Waals surface area contributed by atoms with Crippen LogP contribution in [0.3, 0.4) is 0 Å². The molecule has 1 aliphatic heterocycles. The van der Waals surface area contributed by atoms with Gasteiger partial charge in [0.2, 0.25) is 0 Å². The highest BCUT2D eigenvalue weighted by Gasteiger charge is 2.43. The molecule has 0 saturated carbocycles. The summed E-state index contributed by atoms with van der Waals surface area (Å²) in [5.74, 6) is 0. The van der Waals surface area contributed by atoms with Crippen LogP contribution in [0.1, 0.15) is 0 Å². The molecule has 1 saturated heterocycles. The second kappa shape index (κ2) is 8.08. The Hall–Kier alpha value is -2.18. The van der Waals surface area contributed by atoms with Gasteiger partial charge in [0, 0.05) is 12.1 Å². The molecule has 1 fully saturated rings. The molecule has 1 aromatic carbocycles. The van der Waals surface area contributed by atoms with Gasteiger partial charge in [-0.2, -0.15) is 5.11 Å². The van der Waals surface area contributed by atoms with Gasteiger partial charge < -0.3 is 25.2 Å². The van der Waals surface area contributed by atoms with E-state index in [9.17, 15) is 25.4 Å². The molecule has 11 heteroatoms. The number of hydrogen-bond acceptors (Lipinski definition) is 9. The van der Waals surface area contributed by atoms with Gasteiger partial charge in [-0.05, 0) is 12.1 Å². The van der Waals surface area contributed by atoms with Crippen LogP contribution in [-0.4, -0.2) is 69.0 Å². The van der Waals surface area contributed by atoms with Crippen LogP contribution in [0.5, 0.6) is 0 Å². The van der Waals surface area contributed by atoms with Crippen LogP contribution in [0.15, 0.2) is 34.6 Å². The van der Waals surface area contributed by atoms with Gasteiger partial charge in [0.15, 0.2) is 0 Å². The Morgan fingerprint density at radius 2 is 1.75 bits per heavy atom. The van der Waals surface area contributed by atoms with Crippen molar-refractivity contribution in [1.82, 2.24) is 0 Å². The molecule has 1 heterocycles. The van der Waals surface area contributed by atoms with Gasteiger partial charge in [-0.15, -0.1) is 0 Å². The average molecular weight is 342 g/mol. The second-order valence-electron chi connectivity index (χ2n) is 5.21. The van der Waals surface area contributed by atoms with Crippen LogP contribution in [0, 0.1) is 10.1 Å². The minimum absolute atomic E-state index is 0.0567. The Kier molecular flexibility index (Phi) is 6.11. The van der Waals surface area contributed by atoms with E-state index in [0.29, 0.717) is 5.69 Å². The summed E-state index contributed by atoms with van der Waals surface area (Å²) < 4.78 is 5.26. The van der Waals surface area contributed by atoms with E-state index in [2.05, 4.69) is 15.8 Å². The summed E-state index contributed by atoms with van der Waals surface area (Å²) in [6, 6.07) is 5.50. The van der Waals surface area contributed by atoms with Crippen molar-refractivity contribution >= 4 is 11.4 Å². The first-order valence-corrected chi connectivity index (χ1v) is 7.11. The Labute approximate surface area is 136 Å². The summed E-state index contributed by atoms with van der Waals surface area (Å²) in [5, 5.41) is 56.1. The summed E-state index contributed by atoms with van der Waals surface area (Å²) in [4.78, 5) is 10.0. The van der Waals surface area contributed by atoms with E-state index in [-0.39, 0.29) is 12.2 Å². The molecule has 0 bridgehead atoms. The molecule has 0 amide bonds. The minimum Gasteiger partial charge on any atom is -0.394 e. The normalized spacial score (nSPS) is 30.4. The highest BCUT2D eigenvalue weighted by Crippen LogP contribution is 2.21. The van der Waals surface area contributed by atoms with E-state index in [4.69, 9.17) is 9.84 Å². The first kappa shape index (κ1) is 18.2. The van der Waals surface area contributed by atoms with Gasteiger partial charge in [-0.3, -0.25) is 15.5 Å². The topological polar surface area (TPSA) is 170 Å². The van der Waals surface area contributed by atoms with E-state index < -0.39 is 42.1 Å². The number of hydrogen-bond donors (Lipinski definition) is 5. The largest absolute Gasteiger partial charge is 0.394 e. The maximum Gasteiger partial charge on any atom is 0.269 e. The standard InChI is InChI=1S/C13H18N4O7/c18-6-10-12(20)13(21)11(19)9(24-10)5-14-16-15-7-1-3-8(4-2-7)17(22)23/h1-4,9-13,18-21H,5-6H2,(H,14,15)/t9-,10+,11-,12+,13+/m0/s1. The first-order valence-electron chi connectivity index (χ1n) is 7.11. The number of nitrogens with one attached hydrogen (secondary N) is 1. The van der Waals surface area contributed by atoms with Crippen LogP contribution in [0.2, 0.25) is 0 Å². The van der Waals surface area contributed by atoms with Gasteiger partial charge in [0.05, 0.1) is 23.8 Å². The zero-order chi connectivity index (χ0) is 17.7. The predicted octanol–water partition coefficient (Wildman–Crippen LogP) is -0.784. The lowest BCUT2D eigenvalue weighted by molar-refractivity contribution is -0.384. The zero-order valence-corrected chi connectivity index (χ0v) is 12.5. The summed E-state index contributed by atoms with van der Waals surface area (Å²) in [6.45, 7) is -0.638. The fraction of sp³-hybridized carbons (Fsp3) is 0.538. The summed E-state index contributed by atoms with van der Waals surface area (Å²) in [5.41, 5.74) is 2.96. The lowest BCUT2D eigenvalue weighted by Crippen LogP contribution is -2.59. The van der Waals surface area contributed by atoms with Crippen molar-refractivity contribution in [3.8, 4) is 0 Å². The lowest BCUT2D eigenvalue weighted by Gasteiger charge is -2.39. The van der Waals surface area contributed by atoms with Crippen LogP contribution < -0.4 is 5.43 Å². The van der Waals surface area contributed by atoms with Crippen molar-refractivity contribution in [1.29, 1.82) is 0 Å². The first-order chi connectivity index (χ1) is 11.4. The minimum atomic E-state index is -1.46. The number of aliphatic hydroxyl groups is 4. The number of non-ortho nitro benzene ring substituents is 1. The van der Waals surface area contributed by atoms with Gasteiger partial charge in [0.1, 0.15) is 30.5 Å². The number of ether oxygens (including phenoxy) is 1. The molecule has 2 rings (SSSR count). The number of nitrogens with zero attached hydrogens (tertiary/aromatic N) is 3. The van der Waals surface area contributed by atoms with E-state index in [0.717, 1.165) is 0 Å². The van der Waals surface area contributed by atoms with Gasteiger partial charge in [-0.25, -0.2) is 0 Å². The van der Waals surface area contributed by atoms with Crippen LogP contribution >= 0.6 is 0 Å². The quantitative estimate of drug-likeness (QED) is 0.254. The molecule has 5 N–H and O–H groups in total. The van der Waals surface area contributed by atoms with Gasteiger partial charge >= 0.3 is 0 Å². The lowest BCUT2D eigenvalue weighted by atomic mass is 9.95. The number of nitro benzene ring substituents is 1. The van der Waals surface area contributed by atoms with Crippen LogP contribution in [0.25, 0.3) is 0 Å². The smallest absolute Gasteiger partial charge is 0.269 e. The van der Waals surface area contributed by atoms with Crippen molar-refractivity contribution in [2.75, 3.05) is 18.6 Å². The third-order valence-corrected chi connectivity index (χ3v) is 3.58. The predicted molar refractivity (Wildman–Crippen MR) is 80.2 cm³/mol. The molecule has 0 radical (unpaired) electrons. The summed E-state index contributed by atoms with van der Waals surface area (Å²) >= 11 is 0. The number of nitro groups is 1. The summed E-state index contributed by atoms with van der Waals surface area (Å²) in [6.07, 6.45) is -6.19. The second-order valence-corrected chi connectivity index (χ2v) is 5.21. The highest BCUT2D eigenvalue weighted by molar-refractivity contribution is 5.47. The average Bonchev–Trinajstić information content (AvgIpc) is 2.58. The van der Waals surface area contributed by atoms with Crippen molar-refractivity contribution < 1.29 is 30.1 Å². The van der Waals surface area contributed by atoms with E-state index in [1.54, 1.807) is 0 Å². The molecular formula is C13H18N4O7. The number of rotatable bonds is 6.